The fraction of sp³-hybridized carbons (Fsp3) is 0.125. The van der Waals surface area contributed by atoms with Crippen molar-refractivity contribution in [2.24, 2.45) is 5.73 Å². The first-order chi connectivity index (χ1) is 11.3. The van der Waals surface area contributed by atoms with E-state index in [4.69, 9.17) is 5.73 Å². The van der Waals surface area contributed by atoms with Crippen LogP contribution >= 0.6 is 11.8 Å². The molecule has 0 radical (unpaired) electrons. The summed E-state index contributed by atoms with van der Waals surface area (Å²) in [6.07, 6.45) is 0. The zero-order valence-corrected chi connectivity index (χ0v) is 13.3. The zero-order valence-electron chi connectivity index (χ0n) is 12.5. The summed E-state index contributed by atoms with van der Waals surface area (Å²) in [4.78, 5) is 23.7. The highest BCUT2D eigenvalue weighted by Gasteiger charge is 2.14. The minimum Gasteiger partial charge on any atom is -0.366 e. The SMILES string of the molecule is Cc1c(F)cc(C(N)=O)cc1NC(=O)c1ccc(SC(F)F)cc1. The molecule has 0 saturated heterocycles. The molecule has 0 saturated carbocycles. The number of benzene rings is 2. The average molecular weight is 354 g/mol. The molecule has 0 aliphatic rings. The lowest BCUT2D eigenvalue weighted by Gasteiger charge is -2.11. The molecule has 0 aliphatic heterocycles. The minimum atomic E-state index is -2.55. The van der Waals surface area contributed by atoms with Gasteiger partial charge in [-0.3, -0.25) is 9.59 Å². The molecular weight excluding hydrogens is 341 g/mol. The number of thioether (sulfide) groups is 1. The van der Waals surface area contributed by atoms with E-state index in [1.54, 1.807) is 0 Å². The molecule has 0 fully saturated rings. The Labute approximate surface area is 140 Å². The molecule has 0 atom stereocenters. The quantitative estimate of drug-likeness (QED) is 0.802. The van der Waals surface area contributed by atoms with Crippen LogP contribution in [0.25, 0.3) is 0 Å². The molecular formula is C16H13F3N2O2S. The minimum absolute atomic E-state index is 0.0721. The van der Waals surface area contributed by atoms with E-state index in [0.29, 0.717) is 16.7 Å². The predicted octanol–water partition coefficient (Wildman–Crippen LogP) is 3.80. The van der Waals surface area contributed by atoms with Crippen molar-refractivity contribution in [2.45, 2.75) is 17.6 Å². The standard InChI is InChI=1S/C16H13F3N2O2S/c1-8-12(17)6-10(14(20)22)7-13(8)21-15(23)9-2-4-11(5-3-9)24-16(18)19/h2-7,16H,1H3,(H2,20,22)(H,21,23). The Kier molecular flexibility index (Phi) is 5.50. The summed E-state index contributed by atoms with van der Waals surface area (Å²) < 4.78 is 38.3. The van der Waals surface area contributed by atoms with Crippen LogP contribution in [0.15, 0.2) is 41.3 Å². The van der Waals surface area contributed by atoms with Gasteiger partial charge in [0.1, 0.15) is 5.82 Å². The summed E-state index contributed by atoms with van der Waals surface area (Å²) in [5, 5.41) is 2.48. The molecule has 0 aromatic heterocycles. The van der Waals surface area contributed by atoms with Crippen LogP contribution in [0.5, 0.6) is 0 Å². The molecule has 3 N–H and O–H groups in total. The van der Waals surface area contributed by atoms with E-state index in [9.17, 15) is 22.8 Å². The number of alkyl halides is 2. The summed E-state index contributed by atoms with van der Waals surface area (Å²) in [5.74, 6) is -4.61. The van der Waals surface area contributed by atoms with E-state index < -0.39 is 23.4 Å². The monoisotopic (exact) mass is 354 g/mol. The summed E-state index contributed by atoms with van der Waals surface area (Å²) >= 11 is 0.366. The molecule has 0 spiro atoms. The molecule has 0 bridgehead atoms. The van der Waals surface area contributed by atoms with E-state index in [0.717, 1.165) is 6.07 Å². The predicted molar refractivity (Wildman–Crippen MR) is 85.9 cm³/mol. The lowest BCUT2D eigenvalue weighted by Crippen LogP contribution is -2.16. The van der Waals surface area contributed by atoms with Gasteiger partial charge in [-0.1, -0.05) is 11.8 Å². The number of rotatable bonds is 5. The van der Waals surface area contributed by atoms with Crippen molar-refractivity contribution in [3.05, 3.63) is 58.9 Å². The number of halogens is 3. The number of amides is 2. The van der Waals surface area contributed by atoms with Crippen molar-refractivity contribution >= 4 is 29.3 Å². The first-order valence-corrected chi connectivity index (χ1v) is 7.62. The second-order valence-corrected chi connectivity index (χ2v) is 5.92. The maximum absolute atomic E-state index is 13.8. The highest BCUT2D eigenvalue weighted by Crippen LogP contribution is 2.26. The third kappa shape index (κ3) is 4.29. The van der Waals surface area contributed by atoms with Crippen LogP contribution in [-0.4, -0.2) is 17.6 Å². The number of primary amides is 1. The van der Waals surface area contributed by atoms with Crippen molar-refractivity contribution < 1.29 is 22.8 Å². The second kappa shape index (κ2) is 7.39. The average Bonchev–Trinajstić information content (AvgIpc) is 2.51. The normalized spacial score (nSPS) is 10.7. The van der Waals surface area contributed by atoms with Gasteiger partial charge in [0.15, 0.2) is 0 Å². The smallest absolute Gasteiger partial charge is 0.288 e. The van der Waals surface area contributed by atoms with E-state index in [2.05, 4.69) is 5.32 Å². The van der Waals surface area contributed by atoms with Gasteiger partial charge in [-0.25, -0.2) is 4.39 Å². The van der Waals surface area contributed by atoms with Crippen molar-refractivity contribution in [3.63, 3.8) is 0 Å². The summed E-state index contributed by atoms with van der Waals surface area (Å²) in [6, 6.07) is 7.80. The molecule has 0 heterocycles. The molecule has 126 valence electrons. The first-order valence-electron chi connectivity index (χ1n) is 6.74. The largest absolute Gasteiger partial charge is 0.366 e. The van der Waals surface area contributed by atoms with E-state index in [-0.39, 0.29) is 22.4 Å². The molecule has 2 amide bonds. The maximum atomic E-state index is 13.8. The molecule has 2 rings (SSSR count). The summed E-state index contributed by atoms with van der Waals surface area (Å²) in [5.41, 5.74) is 5.51. The van der Waals surface area contributed by atoms with Crippen LogP contribution in [0.2, 0.25) is 0 Å². The molecule has 8 heteroatoms. The topological polar surface area (TPSA) is 72.2 Å². The number of hydrogen-bond donors (Lipinski definition) is 2. The Balaban J connectivity index is 2.22. The lowest BCUT2D eigenvalue weighted by molar-refractivity contribution is 0.0995. The zero-order chi connectivity index (χ0) is 17.9. The fourth-order valence-corrected chi connectivity index (χ4v) is 2.43. The number of hydrogen-bond acceptors (Lipinski definition) is 3. The molecule has 4 nitrogen and oxygen atoms in total. The van der Waals surface area contributed by atoms with Gasteiger partial charge >= 0.3 is 0 Å². The van der Waals surface area contributed by atoms with Crippen LogP contribution in [0.4, 0.5) is 18.9 Å². The number of carbonyl (C=O) groups excluding carboxylic acids is 2. The Morgan fingerprint density at radius 1 is 1.12 bits per heavy atom. The van der Waals surface area contributed by atoms with Gasteiger partial charge in [0, 0.05) is 27.3 Å². The van der Waals surface area contributed by atoms with E-state index >= 15 is 0 Å². The Morgan fingerprint density at radius 3 is 2.29 bits per heavy atom. The van der Waals surface area contributed by atoms with Gasteiger partial charge in [-0.15, -0.1) is 0 Å². The van der Waals surface area contributed by atoms with Gasteiger partial charge in [-0.05, 0) is 43.3 Å². The number of carbonyl (C=O) groups is 2. The Morgan fingerprint density at radius 2 is 1.75 bits per heavy atom. The molecule has 2 aromatic rings. The third-order valence-corrected chi connectivity index (χ3v) is 3.94. The van der Waals surface area contributed by atoms with E-state index in [1.165, 1.54) is 37.3 Å². The van der Waals surface area contributed by atoms with Crippen LogP contribution in [0.3, 0.4) is 0 Å². The van der Waals surface area contributed by atoms with Crippen LogP contribution < -0.4 is 11.1 Å². The van der Waals surface area contributed by atoms with Gasteiger partial charge < -0.3 is 11.1 Å². The maximum Gasteiger partial charge on any atom is 0.288 e. The highest BCUT2D eigenvalue weighted by molar-refractivity contribution is 7.99. The summed E-state index contributed by atoms with van der Waals surface area (Å²) in [6.45, 7) is 1.44. The van der Waals surface area contributed by atoms with Crippen LogP contribution in [-0.2, 0) is 0 Å². The van der Waals surface area contributed by atoms with Gasteiger partial charge in [0.2, 0.25) is 5.91 Å². The van der Waals surface area contributed by atoms with Gasteiger partial charge in [0.25, 0.3) is 11.7 Å². The van der Waals surface area contributed by atoms with E-state index in [1.807, 2.05) is 0 Å². The highest BCUT2D eigenvalue weighted by atomic mass is 32.2. The second-order valence-electron chi connectivity index (χ2n) is 4.85. The van der Waals surface area contributed by atoms with Gasteiger partial charge in [0.05, 0.1) is 0 Å². The fourth-order valence-electron chi connectivity index (χ4n) is 1.93. The van der Waals surface area contributed by atoms with Crippen molar-refractivity contribution in [1.29, 1.82) is 0 Å². The number of anilines is 1. The Hall–Kier alpha value is -2.48. The molecule has 24 heavy (non-hydrogen) atoms. The summed E-state index contributed by atoms with van der Waals surface area (Å²) in [7, 11) is 0. The van der Waals surface area contributed by atoms with Crippen LogP contribution in [0.1, 0.15) is 26.3 Å². The number of nitrogens with two attached hydrogens (primary N) is 1. The van der Waals surface area contributed by atoms with Crippen molar-refractivity contribution in [1.82, 2.24) is 0 Å². The third-order valence-electron chi connectivity index (χ3n) is 3.22. The Bertz CT molecular complexity index is 780. The van der Waals surface area contributed by atoms with Crippen molar-refractivity contribution in [3.8, 4) is 0 Å². The molecule has 0 aliphatic carbocycles. The van der Waals surface area contributed by atoms with Crippen molar-refractivity contribution in [2.75, 3.05) is 5.32 Å². The molecule has 2 aromatic carbocycles. The molecule has 0 unspecified atom stereocenters. The van der Waals surface area contributed by atoms with Gasteiger partial charge in [-0.2, -0.15) is 8.78 Å². The first kappa shape index (κ1) is 17.9. The lowest BCUT2D eigenvalue weighted by atomic mass is 10.1. The van der Waals surface area contributed by atoms with Crippen LogP contribution in [0, 0.1) is 12.7 Å². The number of nitrogens with one attached hydrogen (secondary N) is 1.